The predicted molar refractivity (Wildman–Crippen MR) is 69.1 cm³/mol. The number of aromatic nitrogens is 1. The van der Waals surface area contributed by atoms with Crippen molar-refractivity contribution in [3.63, 3.8) is 0 Å². The van der Waals surface area contributed by atoms with E-state index in [1.165, 1.54) is 17.5 Å². The van der Waals surface area contributed by atoms with E-state index in [1.54, 1.807) is 12.1 Å². The molecule has 4 nitrogen and oxygen atoms in total. The smallest absolute Gasteiger partial charge is 0.246 e. The van der Waals surface area contributed by atoms with Gasteiger partial charge in [-0.1, -0.05) is 17.7 Å². The van der Waals surface area contributed by atoms with Gasteiger partial charge in [0.15, 0.2) is 0 Å². The second-order valence-electron chi connectivity index (χ2n) is 3.35. The Morgan fingerprint density at radius 1 is 1.53 bits per heavy atom. The van der Waals surface area contributed by atoms with E-state index < -0.39 is 6.04 Å². The third kappa shape index (κ3) is 3.03. The highest BCUT2D eigenvalue weighted by molar-refractivity contribution is 7.10. The molecule has 2 aromatic heterocycles. The summed E-state index contributed by atoms with van der Waals surface area (Å²) in [6.07, 6.45) is 1.52. The number of carbonyl (C=O) groups is 1. The lowest BCUT2D eigenvalue weighted by Crippen LogP contribution is -2.26. The number of nitrogens with one attached hydrogen (secondary N) is 1. The van der Waals surface area contributed by atoms with Gasteiger partial charge in [0.2, 0.25) is 5.91 Å². The van der Waals surface area contributed by atoms with Crippen LogP contribution in [0.5, 0.6) is 0 Å². The van der Waals surface area contributed by atoms with Gasteiger partial charge in [0.25, 0.3) is 0 Å². The molecule has 0 fully saturated rings. The molecular weight excluding hydrogens is 258 g/mol. The number of halogens is 1. The molecule has 0 spiro atoms. The number of carbonyl (C=O) groups excluding carboxylic acids is 1. The fraction of sp³-hybridized carbons (Fsp3) is 0.0909. The Bertz CT molecular complexity index is 515. The molecule has 3 N–H and O–H groups in total. The van der Waals surface area contributed by atoms with E-state index in [2.05, 4.69) is 10.3 Å². The van der Waals surface area contributed by atoms with E-state index in [9.17, 15) is 4.79 Å². The van der Waals surface area contributed by atoms with Crippen molar-refractivity contribution in [2.45, 2.75) is 6.04 Å². The van der Waals surface area contributed by atoms with Crippen molar-refractivity contribution in [3.8, 4) is 0 Å². The van der Waals surface area contributed by atoms with E-state index in [0.29, 0.717) is 10.8 Å². The first-order valence-electron chi connectivity index (χ1n) is 4.88. The van der Waals surface area contributed by atoms with E-state index in [-0.39, 0.29) is 5.91 Å². The first-order valence-corrected chi connectivity index (χ1v) is 6.14. The molecule has 0 aliphatic heterocycles. The van der Waals surface area contributed by atoms with Crippen LogP contribution in [0.25, 0.3) is 0 Å². The third-order valence-electron chi connectivity index (χ3n) is 2.13. The Balaban J connectivity index is 2.07. The van der Waals surface area contributed by atoms with Crippen molar-refractivity contribution in [1.82, 2.24) is 4.98 Å². The average Bonchev–Trinajstić information content (AvgIpc) is 2.81. The van der Waals surface area contributed by atoms with Crippen LogP contribution in [0, 0.1) is 0 Å². The molecule has 2 aromatic rings. The average molecular weight is 268 g/mol. The van der Waals surface area contributed by atoms with Crippen LogP contribution < -0.4 is 11.1 Å². The Hall–Kier alpha value is -1.43. The molecule has 1 amide bonds. The second-order valence-corrected chi connectivity index (χ2v) is 4.72. The predicted octanol–water partition coefficient (Wildman–Crippen LogP) is 2.44. The quantitative estimate of drug-likeness (QED) is 0.840. The van der Waals surface area contributed by atoms with Crippen LogP contribution in [0.1, 0.15) is 10.9 Å². The van der Waals surface area contributed by atoms with Gasteiger partial charge in [-0.25, -0.2) is 4.98 Å². The molecule has 0 aliphatic carbocycles. The largest absolute Gasteiger partial charge is 0.324 e. The maximum absolute atomic E-state index is 11.8. The highest BCUT2D eigenvalue weighted by Crippen LogP contribution is 2.19. The normalized spacial score (nSPS) is 12.1. The molecule has 0 saturated heterocycles. The number of hydrogen-bond acceptors (Lipinski definition) is 4. The van der Waals surface area contributed by atoms with Crippen molar-refractivity contribution in [3.05, 3.63) is 45.9 Å². The van der Waals surface area contributed by atoms with Crippen LogP contribution in [0.4, 0.5) is 5.69 Å². The van der Waals surface area contributed by atoms with Crippen LogP contribution in [0.2, 0.25) is 5.15 Å². The zero-order valence-electron chi connectivity index (χ0n) is 8.76. The van der Waals surface area contributed by atoms with Crippen molar-refractivity contribution in [2.75, 3.05) is 5.32 Å². The zero-order chi connectivity index (χ0) is 12.3. The monoisotopic (exact) mass is 267 g/mol. The van der Waals surface area contributed by atoms with Gasteiger partial charge >= 0.3 is 0 Å². The minimum Gasteiger partial charge on any atom is -0.324 e. The molecule has 0 aromatic carbocycles. The fourth-order valence-corrected chi connectivity index (χ4v) is 2.20. The van der Waals surface area contributed by atoms with Gasteiger partial charge in [-0.3, -0.25) is 4.79 Å². The maximum atomic E-state index is 11.8. The Kier molecular flexibility index (Phi) is 3.73. The molecule has 0 saturated carbocycles. The van der Waals surface area contributed by atoms with Gasteiger partial charge in [0.05, 0.1) is 0 Å². The second kappa shape index (κ2) is 5.27. The highest BCUT2D eigenvalue weighted by atomic mass is 35.5. The Morgan fingerprint density at radius 3 is 3.00 bits per heavy atom. The molecule has 1 atom stereocenters. The lowest BCUT2D eigenvalue weighted by atomic mass is 10.2. The minimum absolute atomic E-state index is 0.269. The van der Waals surface area contributed by atoms with Crippen LogP contribution >= 0.6 is 22.9 Å². The summed E-state index contributed by atoms with van der Waals surface area (Å²) in [5.41, 5.74) is 6.40. The van der Waals surface area contributed by atoms with Gasteiger partial charge < -0.3 is 11.1 Å². The molecule has 17 heavy (non-hydrogen) atoms. The Labute approximate surface area is 107 Å². The zero-order valence-corrected chi connectivity index (χ0v) is 10.3. The van der Waals surface area contributed by atoms with Gasteiger partial charge in [0.1, 0.15) is 11.2 Å². The van der Waals surface area contributed by atoms with Gasteiger partial charge in [-0.15, -0.1) is 11.3 Å². The summed E-state index contributed by atoms with van der Waals surface area (Å²) in [7, 11) is 0. The standard InChI is InChI=1S/C11H10ClN3OS/c12-9-6-7(3-4-14-9)15-11(16)10(13)8-2-1-5-17-8/h1-6,10H,13H2,(H,14,15,16). The van der Waals surface area contributed by atoms with Gasteiger partial charge in [-0.05, 0) is 23.6 Å². The third-order valence-corrected chi connectivity index (χ3v) is 3.29. The lowest BCUT2D eigenvalue weighted by molar-refractivity contribution is -0.117. The summed E-state index contributed by atoms with van der Waals surface area (Å²) in [5.74, 6) is -0.269. The minimum atomic E-state index is -0.665. The van der Waals surface area contributed by atoms with E-state index in [1.807, 2.05) is 17.5 Å². The number of nitrogens with two attached hydrogens (primary N) is 1. The molecule has 0 radical (unpaired) electrons. The number of anilines is 1. The van der Waals surface area contributed by atoms with Crippen LogP contribution in [-0.2, 0) is 4.79 Å². The van der Waals surface area contributed by atoms with Gasteiger partial charge in [-0.2, -0.15) is 0 Å². The summed E-state index contributed by atoms with van der Waals surface area (Å²) in [6.45, 7) is 0. The number of nitrogens with zero attached hydrogens (tertiary/aromatic N) is 1. The first-order chi connectivity index (χ1) is 8.16. The Morgan fingerprint density at radius 2 is 2.35 bits per heavy atom. The number of amides is 1. The van der Waals surface area contributed by atoms with Crippen LogP contribution in [0.15, 0.2) is 35.8 Å². The van der Waals surface area contributed by atoms with E-state index >= 15 is 0 Å². The van der Waals surface area contributed by atoms with Crippen LogP contribution in [-0.4, -0.2) is 10.9 Å². The molecule has 2 heterocycles. The number of hydrogen-bond donors (Lipinski definition) is 2. The van der Waals surface area contributed by atoms with Gasteiger partial charge in [0, 0.05) is 16.8 Å². The maximum Gasteiger partial charge on any atom is 0.246 e. The highest BCUT2D eigenvalue weighted by Gasteiger charge is 2.16. The molecule has 6 heteroatoms. The fourth-order valence-electron chi connectivity index (χ4n) is 1.30. The van der Waals surface area contributed by atoms with Crippen molar-refractivity contribution < 1.29 is 4.79 Å². The summed E-state index contributed by atoms with van der Waals surface area (Å²) in [5, 5.41) is 4.90. The van der Waals surface area contributed by atoms with E-state index in [0.717, 1.165) is 4.88 Å². The number of pyridine rings is 1. The van der Waals surface area contributed by atoms with Crippen molar-refractivity contribution >= 4 is 34.5 Å². The summed E-state index contributed by atoms with van der Waals surface area (Å²) < 4.78 is 0. The molecule has 0 bridgehead atoms. The summed E-state index contributed by atoms with van der Waals surface area (Å²) in [4.78, 5) is 16.5. The number of thiophene rings is 1. The molecule has 2 rings (SSSR count). The topological polar surface area (TPSA) is 68.0 Å². The van der Waals surface area contributed by atoms with E-state index in [4.69, 9.17) is 17.3 Å². The van der Waals surface area contributed by atoms with Crippen molar-refractivity contribution in [1.29, 1.82) is 0 Å². The molecular formula is C11H10ClN3OS. The molecule has 1 unspecified atom stereocenters. The number of rotatable bonds is 3. The van der Waals surface area contributed by atoms with Crippen LogP contribution in [0.3, 0.4) is 0 Å². The van der Waals surface area contributed by atoms with Crippen molar-refractivity contribution in [2.24, 2.45) is 5.73 Å². The summed E-state index contributed by atoms with van der Waals surface area (Å²) >= 11 is 7.16. The molecule has 0 aliphatic rings. The first kappa shape index (κ1) is 12.0. The summed E-state index contributed by atoms with van der Waals surface area (Å²) in [6, 6.07) is 6.25. The molecule has 88 valence electrons. The SMILES string of the molecule is NC(C(=O)Nc1ccnc(Cl)c1)c1cccs1. The lowest BCUT2D eigenvalue weighted by Gasteiger charge is -2.10.